The van der Waals surface area contributed by atoms with Crippen LogP contribution in [-0.2, 0) is 15.6 Å². The Bertz CT molecular complexity index is 698. The first-order valence-corrected chi connectivity index (χ1v) is 8.77. The number of rotatable bonds is 3. The first-order valence-electron chi connectivity index (χ1n) is 7.06. The van der Waals surface area contributed by atoms with Crippen LogP contribution in [0.3, 0.4) is 0 Å². The SMILES string of the molecule is O=S(=O)(Cc1cccc2ccccc12)C1CCCNC1. The van der Waals surface area contributed by atoms with E-state index < -0.39 is 9.84 Å². The number of hydrogen-bond donors (Lipinski definition) is 1. The lowest BCUT2D eigenvalue weighted by Gasteiger charge is -2.23. The maximum atomic E-state index is 12.6. The maximum absolute atomic E-state index is 12.6. The number of fused-ring (bicyclic) bond motifs is 1. The molecule has 3 rings (SSSR count). The van der Waals surface area contributed by atoms with Gasteiger partial charge in [-0.2, -0.15) is 0 Å². The summed E-state index contributed by atoms with van der Waals surface area (Å²) >= 11 is 0. The smallest absolute Gasteiger partial charge is 0.158 e. The summed E-state index contributed by atoms with van der Waals surface area (Å²) in [6.07, 6.45) is 1.72. The molecule has 0 radical (unpaired) electrons. The zero-order valence-electron chi connectivity index (χ0n) is 11.4. The quantitative estimate of drug-likeness (QED) is 0.944. The molecular formula is C16H19NO2S. The standard InChI is InChI=1S/C16H19NO2S/c18-20(19,15-8-4-10-17-11-15)12-14-7-3-6-13-5-1-2-9-16(13)14/h1-3,5-7,9,15,17H,4,8,10-12H2. The molecule has 0 spiro atoms. The van der Waals surface area contributed by atoms with Gasteiger partial charge in [-0.15, -0.1) is 0 Å². The van der Waals surface area contributed by atoms with E-state index in [2.05, 4.69) is 5.32 Å². The van der Waals surface area contributed by atoms with Crippen LogP contribution in [0.25, 0.3) is 10.8 Å². The third-order valence-corrected chi connectivity index (χ3v) is 6.13. The van der Waals surface area contributed by atoms with Gasteiger partial charge >= 0.3 is 0 Å². The van der Waals surface area contributed by atoms with Crippen molar-refractivity contribution in [2.75, 3.05) is 13.1 Å². The van der Waals surface area contributed by atoms with Gasteiger partial charge in [-0.1, -0.05) is 42.5 Å². The Balaban J connectivity index is 1.92. The van der Waals surface area contributed by atoms with E-state index in [0.717, 1.165) is 35.7 Å². The molecule has 0 aliphatic carbocycles. The van der Waals surface area contributed by atoms with Crippen molar-refractivity contribution < 1.29 is 8.42 Å². The first-order chi connectivity index (χ1) is 9.67. The lowest BCUT2D eigenvalue weighted by Crippen LogP contribution is -2.39. The molecule has 0 bridgehead atoms. The molecule has 4 heteroatoms. The van der Waals surface area contributed by atoms with Crippen molar-refractivity contribution >= 4 is 20.6 Å². The second-order valence-corrected chi connectivity index (χ2v) is 7.69. The highest BCUT2D eigenvalue weighted by Crippen LogP contribution is 2.23. The largest absolute Gasteiger partial charge is 0.315 e. The van der Waals surface area contributed by atoms with Crippen LogP contribution in [-0.4, -0.2) is 26.8 Å². The molecule has 1 atom stereocenters. The molecule has 0 aromatic heterocycles. The van der Waals surface area contributed by atoms with Crippen molar-refractivity contribution in [2.45, 2.75) is 23.8 Å². The van der Waals surface area contributed by atoms with Crippen molar-refractivity contribution in [1.82, 2.24) is 5.32 Å². The fourth-order valence-corrected chi connectivity index (χ4v) is 4.70. The van der Waals surface area contributed by atoms with Crippen molar-refractivity contribution in [2.24, 2.45) is 0 Å². The number of nitrogens with one attached hydrogen (secondary N) is 1. The minimum atomic E-state index is -3.09. The summed E-state index contributed by atoms with van der Waals surface area (Å²) in [5.41, 5.74) is 0.911. The van der Waals surface area contributed by atoms with Gasteiger partial charge in [0.25, 0.3) is 0 Å². The molecular weight excluding hydrogens is 270 g/mol. The van der Waals surface area contributed by atoms with Crippen LogP contribution < -0.4 is 5.32 Å². The molecule has 1 heterocycles. The van der Waals surface area contributed by atoms with E-state index in [4.69, 9.17) is 0 Å². The summed E-state index contributed by atoms with van der Waals surface area (Å²) in [7, 11) is -3.09. The van der Waals surface area contributed by atoms with Gasteiger partial charge < -0.3 is 5.32 Å². The fourth-order valence-electron chi connectivity index (χ4n) is 2.88. The highest BCUT2D eigenvalue weighted by molar-refractivity contribution is 7.91. The van der Waals surface area contributed by atoms with Gasteiger partial charge in [0.1, 0.15) is 0 Å². The van der Waals surface area contributed by atoms with E-state index in [9.17, 15) is 8.42 Å². The lowest BCUT2D eigenvalue weighted by molar-refractivity contribution is 0.496. The Kier molecular flexibility index (Phi) is 3.76. The number of piperidine rings is 1. The van der Waals surface area contributed by atoms with Crippen LogP contribution in [0.2, 0.25) is 0 Å². The van der Waals surface area contributed by atoms with E-state index in [0.29, 0.717) is 6.54 Å². The van der Waals surface area contributed by atoms with E-state index >= 15 is 0 Å². The second-order valence-electron chi connectivity index (χ2n) is 5.41. The van der Waals surface area contributed by atoms with Crippen LogP contribution in [0.1, 0.15) is 18.4 Å². The van der Waals surface area contributed by atoms with E-state index in [1.807, 2.05) is 42.5 Å². The molecule has 1 aliphatic heterocycles. The molecule has 1 N–H and O–H groups in total. The lowest BCUT2D eigenvalue weighted by atomic mass is 10.1. The predicted octanol–water partition coefficient (Wildman–Crippen LogP) is 2.51. The molecule has 0 saturated carbocycles. The third kappa shape index (κ3) is 2.72. The van der Waals surface area contributed by atoms with Crippen LogP contribution in [0.15, 0.2) is 42.5 Å². The van der Waals surface area contributed by atoms with Gasteiger partial charge in [0.05, 0.1) is 11.0 Å². The third-order valence-electron chi connectivity index (χ3n) is 4.00. The summed E-state index contributed by atoms with van der Waals surface area (Å²) in [5, 5.41) is 5.09. The van der Waals surface area contributed by atoms with Gasteiger partial charge in [-0.3, -0.25) is 0 Å². The molecule has 1 unspecified atom stereocenters. The molecule has 1 aliphatic rings. The van der Waals surface area contributed by atoms with Crippen molar-refractivity contribution in [1.29, 1.82) is 0 Å². The molecule has 106 valence electrons. The number of hydrogen-bond acceptors (Lipinski definition) is 3. The minimum Gasteiger partial charge on any atom is -0.315 e. The summed E-state index contributed by atoms with van der Waals surface area (Å²) in [4.78, 5) is 0. The first kappa shape index (κ1) is 13.6. The summed E-state index contributed by atoms with van der Waals surface area (Å²) in [6, 6.07) is 13.8. The Hall–Kier alpha value is -1.39. The molecule has 1 saturated heterocycles. The zero-order chi connectivity index (χ0) is 14.0. The molecule has 20 heavy (non-hydrogen) atoms. The van der Waals surface area contributed by atoms with Crippen molar-refractivity contribution in [3.8, 4) is 0 Å². The number of sulfone groups is 1. The molecule has 1 fully saturated rings. The van der Waals surface area contributed by atoms with Crippen molar-refractivity contribution in [3.05, 3.63) is 48.0 Å². The topological polar surface area (TPSA) is 46.2 Å². The second kappa shape index (κ2) is 5.54. The zero-order valence-corrected chi connectivity index (χ0v) is 12.2. The van der Waals surface area contributed by atoms with E-state index in [1.165, 1.54) is 0 Å². The Morgan fingerprint density at radius 1 is 1.10 bits per heavy atom. The average molecular weight is 289 g/mol. The average Bonchev–Trinajstić information content (AvgIpc) is 2.48. The van der Waals surface area contributed by atoms with Gasteiger partial charge in [0.2, 0.25) is 0 Å². The summed E-state index contributed by atoms with van der Waals surface area (Å²) in [5.74, 6) is 0.140. The summed E-state index contributed by atoms with van der Waals surface area (Å²) in [6.45, 7) is 1.52. The van der Waals surface area contributed by atoms with Crippen molar-refractivity contribution in [3.63, 3.8) is 0 Å². The van der Waals surface area contributed by atoms with Gasteiger partial charge in [0.15, 0.2) is 9.84 Å². The highest BCUT2D eigenvalue weighted by Gasteiger charge is 2.27. The normalized spacial score (nSPS) is 20.1. The van der Waals surface area contributed by atoms with Crippen LogP contribution >= 0.6 is 0 Å². The number of benzene rings is 2. The fraction of sp³-hybridized carbons (Fsp3) is 0.375. The van der Waals surface area contributed by atoms with Gasteiger partial charge in [0, 0.05) is 6.54 Å². The minimum absolute atomic E-state index is 0.140. The van der Waals surface area contributed by atoms with Gasteiger partial charge in [-0.25, -0.2) is 8.42 Å². The van der Waals surface area contributed by atoms with Crippen LogP contribution in [0, 0.1) is 0 Å². The van der Waals surface area contributed by atoms with Gasteiger partial charge in [-0.05, 0) is 35.7 Å². The van der Waals surface area contributed by atoms with E-state index in [-0.39, 0.29) is 11.0 Å². The Morgan fingerprint density at radius 3 is 2.70 bits per heavy atom. The molecule has 2 aromatic carbocycles. The Labute approximate surface area is 119 Å². The molecule has 2 aromatic rings. The molecule has 3 nitrogen and oxygen atoms in total. The predicted molar refractivity (Wildman–Crippen MR) is 82.5 cm³/mol. The monoisotopic (exact) mass is 289 g/mol. The maximum Gasteiger partial charge on any atom is 0.158 e. The van der Waals surface area contributed by atoms with E-state index in [1.54, 1.807) is 0 Å². The van der Waals surface area contributed by atoms with Crippen LogP contribution in [0.4, 0.5) is 0 Å². The highest BCUT2D eigenvalue weighted by atomic mass is 32.2. The Morgan fingerprint density at radius 2 is 1.90 bits per heavy atom. The summed E-state index contributed by atoms with van der Waals surface area (Å²) < 4.78 is 25.1. The van der Waals surface area contributed by atoms with Crippen LogP contribution in [0.5, 0.6) is 0 Å². The molecule has 0 amide bonds.